The third-order valence-corrected chi connectivity index (χ3v) is 1.82. The van der Waals surface area contributed by atoms with E-state index in [1.165, 1.54) is 7.11 Å². The van der Waals surface area contributed by atoms with Crippen LogP contribution < -0.4 is 4.74 Å². The Kier molecular flexibility index (Phi) is 3.79. The molecule has 1 atom stereocenters. The summed E-state index contributed by atoms with van der Waals surface area (Å²) < 4.78 is 5.05. The van der Waals surface area contributed by atoms with Crippen LogP contribution in [0, 0.1) is 0 Å². The summed E-state index contributed by atoms with van der Waals surface area (Å²) in [5, 5.41) is 12.9. The van der Waals surface area contributed by atoms with Gasteiger partial charge in [0.2, 0.25) is 0 Å². The zero-order valence-electron chi connectivity index (χ0n) is 7.79. The Morgan fingerprint density at radius 1 is 1.57 bits per heavy atom. The number of ether oxygens (including phenoxy) is 1. The molecule has 0 bridgehead atoms. The number of aliphatic hydroxyl groups is 1. The summed E-state index contributed by atoms with van der Waals surface area (Å²) in [7, 11) is 1.53. The molecule has 1 N–H and O–H groups in total. The topological polar surface area (TPSA) is 78.2 Å². The van der Waals surface area contributed by atoms with E-state index in [0.717, 1.165) is 0 Å². The van der Waals surface area contributed by atoms with Crippen LogP contribution in [0.5, 0.6) is 5.75 Å². The van der Waals surface area contributed by atoms with Crippen molar-refractivity contribution in [3.63, 3.8) is 0 Å². The maximum atomic E-state index is 9.62. The monoisotopic (exact) mass is 193 g/mol. The van der Waals surface area contributed by atoms with Crippen molar-refractivity contribution in [3.05, 3.63) is 40.3 Å². The molecule has 0 aliphatic heterocycles. The van der Waals surface area contributed by atoms with Gasteiger partial charge in [0.05, 0.1) is 19.8 Å². The number of para-hydroxylation sites is 1. The smallest absolute Gasteiger partial charge is 0.124 e. The standard InChI is InChI=1S/C9H11N3O2/c1-14-9-5-3-2-4-7(9)8(13)6-11-12-10/h2-5,8,13H,6H2,1H3/t8-/m1/s1. The molecule has 0 unspecified atom stereocenters. The van der Waals surface area contributed by atoms with Crippen molar-refractivity contribution in [3.8, 4) is 5.75 Å². The van der Waals surface area contributed by atoms with Gasteiger partial charge in [-0.05, 0) is 11.6 Å². The zero-order valence-corrected chi connectivity index (χ0v) is 7.79. The molecule has 1 aromatic rings. The molecule has 0 fully saturated rings. The molecule has 14 heavy (non-hydrogen) atoms. The minimum Gasteiger partial charge on any atom is -0.496 e. The average Bonchev–Trinajstić information content (AvgIpc) is 2.25. The Hall–Kier alpha value is -1.71. The first-order chi connectivity index (χ1) is 6.79. The van der Waals surface area contributed by atoms with E-state index in [0.29, 0.717) is 11.3 Å². The van der Waals surface area contributed by atoms with E-state index in [-0.39, 0.29) is 6.54 Å². The Morgan fingerprint density at radius 3 is 2.93 bits per heavy atom. The fourth-order valence-corrected chi connectivity index (χ4v) is 1.15. The van der Waals surface area contributed by atoms with E-state index < -0.39 is 6.10 Å². The van der Waals surface area contributed by atoms with Gasteiger partial charge in [-0.25, -0.2) is 0 Å². The maximum absolute atomic E-state index is 9.62. The zero-order chi connectivity index (χ0) is 10.4. The first kappa shape index (κ1) is 10.4. The van der Waals surface area contributed by atoms with E-state index in [1.807, 2.05) is 6.07 Å². The fraction of sp³-hybridized carbons (Fsp3) is 0.333. The lowest BCUT2D eigenvalue weighted by Crippen LogP contribution is -2.03. The highest BCUT2D eigenvalue weighted by Gasteiger charge is 2.10. The minimum atomic E-state index is -0.818. The van der Waals surface area contributed by atoms with Crippen LogP contribution in [0.4, 0.5) is 0 Å². The molecule has 0 aliphatic carbocycles. The predicted molar refractivity (Wildman–Crippen MR) is 52.0 cm³/mol. The molecule has 0 aliphatic rings. The SMILES string of the molecule is COc1ccccc1[C@H](O)CN=[N+]=[N-]. The quantitative estimate of drug-likeness (QED) is 0.451. The largest absolute Gasteiger partial charge is 0.496 e. The second-order valence-corrected chi connectivity index (χ2v) is 2.67. The second kappa shape index (κ2) is 5.11. The van der Waals surface area contributed by atoms with Crippen LogP contribution >= 0.6 is 0 Å². The third-order valence-electron chi connectivity index (χ3n) is 1.82. The molecular formula is C9H11N3O2. The van der Waals surface area contributed by atoms with Crippen molar-refractivity contribution in [1.29, 1.82) is 0 Å². The van der Waals surface area contributed by atoms with Crippen molar-refractivity contribution in [2.24, 2.45) is 5.11 Å². The van der Waals surface area contributed by atoms with E-state index >= 15 is 0 Å². The summed E-state index contributed by atoms with van der Waals surface area (Å²) in [6.07, 6.45) is -0.818. The molecule has 5 heteroatoms. The van der Waals surface area contributed by atoms with Crippen molar-refractivity contribution < 1.29 is 9.84 Å². The highest BCUT2D eigenvalue weighted by molar-refractivity contribution is 5.35. The number of rotatable bonds is 4. The van der Waals surface area contributed by atoms with E-state index in [9.17, 15) is 5.11 Å². The molecular weight excluding hydrogens is 182 g/mol. The summed E-state index contributed by atoms with van der Waals surface area (Å²) in [4.78, 5) is 2.58. The Labute approximate surface area is 81.6 Å². The third kappa shape index (κ3) is 2.39. The van der Waals surface area contributed by atoms with Crippen LogP contribution in [-0.2, 0) is 0 Å². The van der Waals surface area contributed by atoms with Gasteiger partial charge in [-0.1, -0.05) is 23.3 Å². The molecule has 1 aromatic carbocycles. The molecule has 0 radical (unpaired) electrons. The number of hydrogen-bond donors (Lipinski definition) is 1. The van der Waals surface area contributed by atoms with E-state index in [1.54, 1.807) is 18.2 Å². The van der Waals surface area contributed by atoms with Gasteiger partial charge in [0, 0.05) is 10.5 Å². The number of azide groups is 1. The number of methoxy groups -OCH3 is 1. The van der Waals surface area contributed by atoms with Gasteiger partial charge < -0.3 is 9.84 Å². The molecule has 0 saturated carbocycles. The Balaban J connectivity index is 2.87. The molecule has 74 valence electrons. The second-order valence-electron chi connectivity index (χ2n) is 2.67. The lowest BCUT2D eigenvalue weighted by molar-refractivity contribution is 0.182. The lowest BCUT2D eigenvalue weighted by atomic mass is 10.1. The number of hydrogen-bond acceptors (Lipinski definition) is 3. The number of nitrogens with zero attached hydrogens (tertiary/aromatic N) is 3. The molecule has 0 heterocycles. The van der Waals surface area contributed by atoms with Crippen molar-refractivity contribution in [1.82, 2.24) is 0 Å². The highest BCUT2D eigenvalue weighted by atomic mass is 16.5. The van der Waals surface area contributed by atoms with Gasteiger partial charge in [0.15, 0.2) is 0 Å². The summed E-state index contributed by atoms with van der Waals surface area (Å²) >= 11 is 0. The van der Waals surface area contributed by atoms with Crippen molar-refractivity contribution >= 4 is 0 Å². The van der Waals surface area contributed by atoms with Gasteiger partial charge >= 0.3 is 0 Å². The Bertz CT molecular complexity index is 348. The van der Waals surface area contributed by atoms with Crippen LogP contribution in [0.3, 0.4) is 0 Å². The van der Waals surface area contributed by atoms with Gasteiger partial charge in [-0.15, -0.1) is 0 Å². The first-order valence-electron chi connectivity index (χ1n) is 4.11. The van der Waals surface area contributed by atoms with Gasteiger partial charge in [0.25, 0.3) is 0 Å². The summed E-state index contributed by atoms with van der Waals surface area (Å²) in [5.41, 5.74) is 8.73. The Morgan fingerprint density at radius 2 is 2.29 bits per heavy atom. The fourth-order valence-electron chi connectivity index (χ4n) is 1.15. The van der Waals surface area contributed by atoms with E-state index in [4.69, 9.17) is 10.3 Å². The molecule has 5 nitrogen and oxygen atoms in total. The number of benzene rings is 1. The van der Waals surface area contributed by atoms with Gasteiger partial charge in [0.1, 0.15) is 5.75 Å². The predicted octanol–water partition coefficient (Wildman–Crippen LogP) is 2.04. The van der Waals surface area contributed by atoms with Crippen molar-refractivity contribution in [2.75, 3.05) is 13.7 Å². The van der Waals surface area contributed by atoms with Crippen LogP contribution in [-0.4, -0.2) is 18.8 Å². The average molecular weight is 193 g/mol. The van der Waals surface area contributed by atoms with Crippen LogP contribution in [0.25, 0.3) is 10.4 Å². The lowest BCUT2D eigenvalue weighted by Gasteiger charge is -2.11. The molecule has 0 spiro atoms. The molecule has 0 saturated heterocycles. The van der Waals surface area contributed by atoms with Gasteiger partial charge in [-0.2, -0.15) is 0 Å². The summed E-state index contributed by atoms with van der Waals surface area (Å²) in [6, 6.07) is 7.07. The molecule has 0 aromatic heterocycles. The first-order valence-corrected chi connectivity index (χ1v) is 4.11. The van der Waals surface area contributed by atoms with Crippen LogP contribution in [0.1, 0.15) is 11.7 Å². The van der Waals surface area contributed by atoms with Gasteiger partial charge in [-0.3, -0.25) is 0 Å². The van der Waals surface area contributed by atoms with Crippen molar-refractivity contribution in [2.45, 2.75) is 6.10 Å². The normalized spacial score (nSPS) is 11.6. The van der Waals surface area contributed by atoms with Crippen LogP contribution in [0.15, 0.2) is 29.4 Å². The highest BCUT2D eigenvalue weighted by Crippen LogP contribution is 2.24. The molecule has 1 rings (SSSR count). The minimum absolute atomic E-state index is 0.0108. The van der Waals surface area contributed by atoms with Crippen LogP contribution in [0.2, 0.25) is 0 Å². The number of aliphatic hydroxyl groups excluding tert-OH is 1. The summed E-state index contributed by atoms with van der Waals surface area (Å²) in [6.45, 7) is 0.0108. The maximum Gasteiger partial charge on any atom is 0.124 e. The molecule has 0 amide bonds. The van der Waals surface area contributed by atoms with E-state index in [2.05, 4.69) is 10.0 Å². The summed E-state index contributed by atoms with van der Waals surface area (Å²) in [5.74, 6) is 0.591.